The van der Waals surface area contributed by atoms with Crippen molar-refractivity contribution >= 4 is 23.2 Å². The highest BCUT2D eigenvalue weighted by atomic mass is 35.5. The molecule has 2 rings (SSSR count). The van der Waals surface area contributed by atoms with Crippen LogP contribution in [0.2, 0.25) is 5.02 Å². The number of methoxy groups -OCH3 is 1. The zero-order valence-electron chi connectivity index (χ0n) is 9.23. The topological polar surface area (TPSA) is 39.9 Å². The first-order valence-electron chi connectivity index (χ1n) is 5.00. The van der Waals surface area contributed by atoms with Gasteiger partial charge in [0.1, 0.15) is 6.61 Å². The molecular weight excluding hydrogens is 261 g/mol. The van der Waals surface area contributed by atoms with Gasteiger partial charge < -0.3 is 4.74 Å². The van der Waals surface area contributed by atoms with Gasteiger partial charge >= 0.3 is 0 Å². The zero-order valence-corrected chi connectivity index (χ0v) is 10.7. The Labute approximate surface area is 109 Å². The van der Waals surface area contributed by atoms with Crippen molar-refractivity contribution in [2.45, 2.75) is 12.5 Å². The van der Waals surface area contributed by atoms with Crippen molar-refractivity contribution in [1.82, 2.24) is 14.8 Å². The van der Waals surface area contributed by atoms with Gasteiger partial charge in [-0.15, -0.1) is 21.8 Å². The van der Waals surface area contributed by atoms with Crippen LogP contribution in [0.15, 0.2) is 24.3 Å². The summed E-state index contributed by atoms with van der Waals surface area (Å²) in [5, 5.41) is 8.75. The molecule has 90 valence electrons. The Morgan fingerprint density at radius 3 is 2.41 bits per heavy atom. The second kappa shape index (κ2) is 5.49. The predicted octanol–water partition coefficient (Wildman–Crippen LogP) is 2.81. The number of benzene rings is 1. The molecule has 0 aliphatic carbocycles. The molecule has 0 N–H and O–H groups in total. The van der Waals surface area contributed by atoms with Gasteiger partial charge in [0.05, 0.1) is 5.88 Å². The van der Waals surface area contributed by atoms with Crippen LogP contribution < -0.4 is 0 Å². The smallest absolute Gasteiger partial charge is 0.163 e. The Bertz CT molecular complexity index is 496. The summed E-state index contributed by atoms with van der Waals surface area (Å²) in [7, 11) is 1.61. The van der Waals surface area contributed by atoms with Crippen LogP contribution >= 0.6 is 23.2 Å². The number of halogens is 2. The van der Waals surface area contributed by atoms with Gasteiger partial charge in [-0.25, -0.2) is 0 Å². The number of aromatic nitrogens is 3. The number of nitrogens with zero attached hydrogens (tertiary/aromatic N) is 3. The fourth-order valence-corrected chi connectivity index (χ4v) is 1.85. The third-order valence-corrected chi connectivity index (χ3v) is 2.77. The summed E-state index contributed by atoms with van der Waals surface area (Å²) in [6.45, 7) is 0.381. The maximum Gasteiger partial charge on any atom is 0.163 e. The first-order chi connectivity index (χ1) is 8.26. The van der Waals surface area contributed by atoms with Gasteiger partial charge in [-0.2, -0.15) is 0 Å². The number of rotatable bonds is 4. The Balaban J connectivity index is 2.47. The van der Waals surface area contributed by atoms with Crippen molar-refractivity contribution in [3.8, 4) is 5.69 Å². The standard InChI is InChI=1S/C11H11Cl2N3O/c1-17-7-11-15-14-10(6-12)16(11)9-4-2-8(13)3-5-9/h2-5H,6-7H2,1H3. The van der Waals surface area contributed by atoms with Gasteiger partial charge in [0.25, 0.3) is 0 Å². The minimum absolute atomic E-state index is 0.291. The van der Waals surface area contributed by atoms with Crippen molar-refractivity contribution in [3.05, 3.63) is 40.9 Å². The van der Waals surface area contributed by atoms with Crippen LogP contribution in [-0.2, 0) is 17.2 Å². The first kappa shape index (κ1) is 12.4. The molecule has 0 amide bonds. The average Bonchev–Trinajstić information content (AvgIpc) is 2.74. The average molecular weight is 272 g/mol. The monoisotopic (exact) mass is 271 g/mol. The molecule has 0 unspecified atom stereocenters. The van der Waals surface area contributed by atoms with Gasteiger partial charge in [0.15, 0.2) is 11.6 Å². The van der Waals surface area contributed by atoms with Crippen molar-refractivity contribution in [1.29, 1.82) is 0 Å². The third kappa shape index (κ3) is 2.60. The SMILES string of the molecule is COCc1nnc(CCl)n1-c1ccc(Cl)cc1. The highest BCUT2D eigenvalue weighted by Gasteiger charge is 2.12. The lowest BCUT2D eigenvalue weighted by Crippen LogP contribution is -2.05. The molecule has 0 aliphatic rings. The van der Waals surface area contributed by atoms with Crippen LogP contribution in [0.5, 0.6) is 0 Å². The van der Waals surface area contributed by atoms with Gasteiger partial charge in [-0.3, -0.25) is 4.57 Å². The van der Waals surface area contributed by atoms with Crippen LogP contribution in [0.25, 0.3) is 5.69 Å². The van der Waals surface area contributed by atoms with Crippen LogP contribution in [-0.4, -0.2) is 21.9 Å². The molecule has 0 saturated heterocycles. The van der Waals surface area contributed by atoms with E-state index in [1.54, 1.807) is 7.11 Å². The van der Waals surface area contributed by atoms with Gasteiger partial charge in [0.2, 0.25) is 0 Å². The molecule has 1 aromatic heterocycles. The van der Waals surface area contributed by atoms with E-state index in [0.29, 0.717) is 29.2 Å². The Kier molecular flexibility index (Phi) is 3.99. The second-order valence-electron chi connectivity index (χ2n) is 3.41. The summed E-state index contributed by atoms with van der Waals surface area (Å²) in [4.78, 5) is 0. The van der Waals surface area contributed by atoms with E-state index < -0.39 is 0 Å². The van der Waals surface area contributed by atoms with Crippen molar-refractivity contribution in [3.63, 3.8) is 0 Å². The molecule has 2 aromatic rings. The molecule has 1 heterocycles. The summed E-state index contributed by atoms with van der Waals surface area (Å²) in [5.74, 6) is 1.69. The Hall–Kier alpha value is -1.10. The quantitative estimate of drug-likeness (QED) is 0.803. The maximum absolute atomic E-state index is 5.86. The molecule has 4 nitrogen and oxygen atoms in total. The van der Waals surface area contributed by atoms with Crippen molar-refractivity contribution < 1.29 is 4.74 Å². The highest BCUT2D eigenvalue weighted by Crippen LogP contribution is 2.18. The van der Waals surface area contributed by atoms with E-state index in [2.05, 4.69) is 10.2 Å². The molecule has 0 atom stereocenters. The Morgan fingerprint density at radius 1 is 1.18 bits per heavy atom. The van der Waals surface area contributed by atoms with Crippen LogP contribution in [0.4, 0.5) is 0 Å². The molecule has 0 saturated carbocycles. The summed E-state index contributed by atoms with van der Waals surface area (Å²) < 4.78 is 6.95. The fraction of sp³-hybridized carbons (Fsp3) is 0.273. The van der Waals surface area contributed by atoms with Gasteiger partial charge in [-0.1, -0.05) is 11.6 Å². The summed E-state index contributed by atoms with van der Waals surface area (Å²) in [6.07, 6.45) is 0. The second-order valence-corrected chi connectivity index (χ2v) is 4.11. The van der Waals surface area contributed by atoms with Gasteiger partial charge in [-0.05, 0) is 24.3 Å². The summed E-state index contributed by atoms with van der Waals surface area (Å²) in [6, 6.07) is 7.40. The van der Waals surface area contributed by atoms with E-state index in [1.165, 1.54) is 0 Å². The number of ether oxygens (including phenoxy) is 1. The Morgan fingerprint density at radius 2 is 1.82 bits per heavy atom. The van der Waals surface area contributed by atoms with Crippen molar-refractivity contribution in [2.24, 2.45) is 0 Å². The number of hydrogen-bond acceptors (Lipinski definition) is 3. The van der Waals surface area contributed by atoms with Crippen LogP contribution in [0, 0.1) is 0 Å². The normalized spacial score (nSPS) is 10.8. The van der Waals surface area contributed by atoms with Crippen LogP contribution in [0.3, 0.4) is 0 Å². The maximum atomic E-state index is 5.86. The molecular formula is C11H11Cl2N3O. The van der Waals surface area contributed by atoms with E-state index in [1.807, 2.05) is 28.8 Å². The van der Waals surface area contributed by atoms with E-state index in [4.69, 9.17) is 27.9 Å². The van der Waals surface area contributed by atoms with Crippen LogP contribution in [0.1, 0.15) is 11.6 Å². The molecule has 0 bridgehead atoms. The molecule has 0 aliphatic heterocycles. The lowest BCUT2D eigenvalue weighted by Gasteiger charge is -2.08. The minimum Gasteiger partial charge on any atom is -0.377 e. The number of alkyl halides is 1. The van der Waals surface area contributed by atoms with E-state index in [9.17, 15) is 0 Å². The zero-order chi connectivity index (χ0) is 12.3. The van der Waals surface area contributed by atoms with E-state index in [-0.39, 0.29) is 0 Å². The lowest BCUT2D eigenvalue weighted by molar-refractivity contribution is 0.176. The predicted molar refractivity (Wildman–Crippen MR) is 66.6 cm³/mol. The van der Waals surface area contributed by atoms with E-state index in [0.717, 1.165) is 5.69 Å². The summed E-state index contributed by atoms with van der Waals surface area (Å²) >= 11 is 11.7. The fourth-order valence-electron chi connectivity index (χ4n) is 1.55. The lowest BCUT2D eigenvalue weighted by atomic mass is 10.3. The molecule has 17 heavy (non-hydrogen) atoms. The van der Waals surface area contributed by atoms with E-state index >= 15 is 0 Å². The summed E-state index contributed by atoms with van der Waals surface area (Å²) in [5.41, 5.74) is 0.919. The number of hydrogen-bond donors (Lipinski definition) is 0. The molecule has 1 aromatic carbocycles. The highest BCUT2D eigenvalue weighted by molar-refractivity contribution is 6.30. The third-order valence-electron chi connectivity index (χ3n) is 2.27. The largest absolute Gasteiger partial charge is 0.377 e. The molecule has 0 radical (unpaired) electrons. The minimum atomic E-state index is 0.291. The molecule has 6 heteroatoms. The first-order valence-corrected chi connectivity index (χ1v) is 5.91. The molecule has 0 spiro atoms. The van der Waals surface area contributed by atoms with Crippen molar-refractivity contribution in [2.75, 3.05) is 7.11 Å². The molecule has 0 fully saturated rings. The van der Waals surface area contributed by atoms with Gasteiger partial charge in [0, 0.05) is 17.8 Å².